The Morgan fingerprint density at radius 1 is 0.906 bits per heavy atom. The SMILES string of the molecule is CCCCCCCCCCCC[n+]1csc(CCO)c1C.Cc1ccc(S(=O)(=O)[O-])cc1. The lowest BCUT2D eigenvalue weighted by molar-refractivity contribution is -0.698. The molecule has 7 heteroatoms. The van der Waals surface area contributed by atoms with Gasteiger partial charge >= 0.3 is 0 Å². The number of rotatable bonds is 14. The second-order valence-corrected chi connectivity index (χ2v) is 10.7. The summed E-state index contributed by atoms with van der Waals surface area (Å²) in [4.78, 5) is 1.16. The van der Waals surface area contributed by atoms with Crippen LogP contribution in [0.15, 0.2) is 34.7 Å². The summed E-state index contributed by atoms with van der Waals surface area (Å²) in [5.41, 5.74) is 4.50. The summed E-state index contributed by atoms with van der Waals surface area (Å²) in [6, 6.07) is 5.78. The molecule has 0 aliphatic rings. The molecule has 1 heterocycles. The van der Waals surface area contributed by atoms with Crippen LogP contribution in [0.3, 0.4) is 0 Å². The Balaban J connectivity index is 0.000000389. The van der Waals surface area contributed by atoms with Gasteiger partial charge in [-0.3, -0.25) is 0 Å². The first-order valence-electron chi connectivity index (χ1n) is 11.9. The fraction of sp³-hybridized carbons (Fsp3) is 0.640. The second-order valence-electron chi connectivity index (χ2n) is 8.35. The highest BCUT2D eigenvalue weighted by Crippen LogP contribution is 2.13. The molecule has 0 saturated carbocycles. The predicted octanol–water partition coefficient (Wildman–Crippen LogP) is 5.70. The molecular weight excluding hydrogens is 442 g/mol. The Bertz CT molecular complexity index is 845. The molecule has 0 radical (unpaired) electrons. The van der Waals surface area contributed by atoms with Gasteiger partial charge in [-0.05, 0) is 25.5 Å². The average Bonchev–Trinajstić information content (AvgIpc) is 3.09. The van der Waals surface area contributed by atoms with Gasteiger partial charge < -0.3 is 9.66 Å². The smallest absolute Gasteiger partial charge is 0.225 e. The molecule has 0 aliphatic carbocycles. The second kappa shape index (κ2) is 16.4. The number of benzene rings is 1. The number of hydrogen-bond donors (Lipinski definition) is 1. The first-order valence-corrected chi connectivity index (χ1v) is 14.2. The van der Waals surface area contributed by atoms with Crippen molar-refractivity contribution in [3.63, 3.8) is 0 Å². The van der Waals surface area contributed by atoms with E-state index in [0.717, 1.165) is 18.5 Å². The van der Waals surface area contributed by atoms with E-state index in [1.807, 2.05) is 6.92 Å². The Morgan fingerprint density at radius 3 is 1.94 bits per heavy atom. The monoisotopic (exact) mass is 483 g/mol. The van der Waals surface area contributed by atoms with Gasteiger partial charge in [0.25, 0.3) is 0 Å². The Labute approximate surface area is 199 Å². The van der Waals surface area contributed by atoms with E-state index < -0.39 is 10.1 Å². The van der Waals surface area contributed by atoms with E-state index in [-0.39, 0.29) is 11.5 Å². The van der Waals surface area contributed by atoms with Crippen molar-refractivity contribution in [3.05, 3.63) is 45.9 Å². The zero-order chi connectivity index (χ0) is 23.8. The van der Waals surface area contributed by atoms with Crippen LogP contribution in [0.5, 0.6) is 0 Å². The summed E-state index contributed by atoms with van der Waals surface area (Å²) in [5, 5.41) is 9.02. The van der Waals surface area contributed by atoms with Crippen LogP contribution in [-0.2, 0) is 23.1 Å². The van der Waals surface area contributed by atoms with Crippen LogP contribution in [0, 0.1) is 13.8 Å². The Hall–Kier alpha value is -1.28. The molecule has 1 aromatic heterocycles. The lowest BCUT2D eigenvalue weighted by atomic mass is 10.1. The summed E-state index contributed by atoms with van der Waals surface area (Å²) in [6.07, 6.45) is 14.7. The molecule has 0 spiro atoms. The first kappa shape index (κ1) is 28.8. The van der Waals surface area contributed by atoms with Crippen LogP contribution < -0.4 is 4.57 Å². The summed E-state index contributed by atoms with van der Waals surface area (Å²) in [6.45, 7) is 7.68. The molecule has 32 heavy (non-hydrogen) atoms. The first-order chi connectivity index (χ1) is 15.3. The van der Waals surface area contributed by atoms with Gasteiger partial charge in [0.05, 0.1) is 9.77 Å². The topological polar surface area (TPSA) is 81.3 Å². The number of thiazole rings is 1. The van der Waals surface area contributed by atoms with E-state index in [0.29, 0.717) is 0 Å². The van der Waals surface area contributed by atoms with Gasteiger partial charge in [-0.25, -0.2) is 8.42 Å². The van der Waals surface area contributed by atoms with Crippen molar-refractivity contribution in [2.75, 3.05) is 6.61 Å². The van der Waals surface area contributed by atoms with E-state index in [4.69, 9.17) is 5.11 Å². The van der Waals surface area contributed by atoms with Crippen molar-refractivity contribution >= 4 is 21.5 Å². The molecule has 0 aliphatic heterocycles. The summed E-state index contributed by atoms with van der Waals surface area (Å²) in [5.74, 6) is 0. The van der Waals surface area contributed by atoms with Crippen molar-refractivity contribution in [1.82, 2.24) is 0 Å². The highest BCUT2D eigenvalue weighted by molar-refractivity contribution is 7.85. The fourth-order valence-corrected chi connectivity index (χ4v) is 4.97. The average molecular weight is 484 g/mol. The molecule has 0 fully saturated rings. The van der Waals surface area contributed by atoms with E-state index in [1.165, 1.54) is 86.9 Å². The van der Waals surface area contributed by atoms with Gasteiger partial charge in [0, 0.05) is 26.4 Å². The zero-order valence-electron chi connectivity index (χ0n) is 20.0. The van der Waals surface area contributed by atoms with Crippen LogP contribution in [0.1, 0.15) is 87.3 Å². The molecule has 1 aromatic carbocycles. The summed E-state index contributed by atoms with van der Waals surface area (Å²) >= 11 is 1.79. The predicted molar refractivity (Wildman–Crippen MR) is 131 cm³/mol. The minimum atomic E-state index is -4.27. The van der Waals surface area contributed by atoms with Crippen LogP contribution in [0.4, 0.5) is 0 Å². The minimum absolute atomic E-state index is 0.178. The molecule has 2 aromatic rings. The van der Waals surface area contributed by atoms with E-state index in [9.17, 15) is 13.0 Å². The molecule has 0 bridgehead atoms. The van der Waals surface area contributed by atoms with E-state index >= 15 is 0 Å². The molecule has 182 valence electrons. The molecular formula is C25H41NO4S2. The molecule has 0 amide bonds. The van der Waals surface area contributed by atoms with Crippen molar-refractivity contribution in [3.8, 4) is 0 Å². The van der Waals surface area contributed by atoms with E-state index in [2.05, 4.69) is 23.9 Å². The maximum Gasteiger partial charge on any atom is 0.225 e. The number of nitrogens with zero attached hydrogens (tertiary/aromatic N) is 1. The third-order valence-electron chi connectivity index (χ3n) is 5.56. The maximum absolute atomic E-state index is 10.4. The van der Waals surface area contributed by atoms with Gasteiger partial charge in [0.15, 0.2) is 5.69 Å². The Kier molecular flexibility index (Phi) is 14.7. The van der Waals surface area contributed by atoms with Gasteiger partial charge in [-0.15, -0.1) is 0 Å². The van der Waals surface area contributed by atoms with Crippen LogP contribution >= 0.6 is 11.3 Å². The molecule has 0 unspecified atom stereocenters. The molecule has 1 N–H and O–H groups in total. The van der Waals surface area contributed by atoms with Gasteiger partial charge in [-0.1, -0.05) is 87.3 Å². The standard InChI is InChI=1S/C18H34NOS.C7H8O3S/c1-3-4-5-6-7-8-9-10-11-12-14-19-16-21-18(13-15-20)17(19)2;1-6-2-4-7(5-3-6)11(8,9)10/h16,20H,3-15H2,1-2H3;2-5H,1H3,(H,8,9,10)/q+1;/p-1. The maximum atomic E-state index is 10.4. The van der Waals surface area contributed by atoms with Crippen LogP contribution in [-0.4, -0.2) is 24.7 Å². The number of aryl methyl sites for hydroxylation is 2. The van der Waals surface area contributed by atoms with Crippen molar-refractivity contribution < 1.29 is 22.6 Å². The highest BCUT2D eigenvalue weighted by Gasteiger charge is 2.13. The van der Waals surface area contributed by atoms with E-state index in [1.54, 1.807) is 23.5 Å². The largest absolute Gasteiger partial charge is 0.744 e. The molecule has 0 saturated heterocycles. The lowest BCUT2D eigenvalue weighted by Gasteiger charge is -2.05. The highest BCUT2D eigenvalue weighted by atomic mass is 32.2. The summed E-state index contributed by atoms with van der Waals surface area (Å²) in [7, 11) is -4.27. The third kappa shape index (κ3) is 12.1. The number of unbranched alkanes of at least 4 members (excludes halogenated alkanes) is 9. The number of aromatic nitrogens is 1. The zero-order valence-corrected chi connectivity index (χ0v) is 21.6. The third-order valence-corrected chi connectivity index (χ3v) is 7.55. The van der Waals surface area contributed by atoms with Crippen molar-refractivity contribution in [1.29, 1.82) is 0 Å². The van der Waals surface area contributed by atoms with Gasteiger partial charge in [-0.2, -0.15) is 4.57 Å². The molecule has 5 nitrogen and oxygen atoms in total. The van der Waals surface area contributed by atoms with Crippen LogP contribution in [0.2, 0.25) is 0 Å². The minimum Gasteiger partial charge on any atom is -0.744 e. The van der Waals surface area contributed by atoms with Crippen LogP contribution in [0.25, 0.3) is 0 Å². The molecule has 0 atom stereocenters. The quantitative estimate of drug-likeness (QED) is 0.212. The summed E-state index contributed by atoms with van der Waals surface area (Å²) < 4.78 is 33.5. The van der Waals surface area contributed by atoms with Crippen molar-refractivity contribution in [2.45, 2.75) is 103 Å². The normalized spacial score (nSPS) is 11.3. The Morgan fingerprint density at radius 2 is 1.44 bits per heavy atom. The van der Waals surface area contributed by atoms with Crippen molar-refractivity contribution in [2.24, 2.45) is 0 Å². The van der Waals surface area contributed by atoms with Gasteiger partial charge in [0.1, 0.15) is 16.7 Å². The fourth-order valence-electron chi connectivity index (χ4n) is 3.49. The number of aliphatic hydroxyl groups excluding tert-OH is 1. The van der Waals surface area contributed by atoms with Gasteiger partial charge in [0.2, 0.25) is 5.51 Å². The molecule has 2 rings (SSSR count). The number of aliphatic hydroxyl groups is 1. The number of hydrogen-bond acceptors (Lipinski definition) is 5. The lowest BCUT2D eigenvalue weighted by Crippen LogP contribution is -2.34.